The number of hydrogen-bond donors (Lipinski definition) is 2. The average molecular weight is 263 g/mol. The topological polar surface area (TPSA) is 54.0 Å². The molecule has 0 aromatic carbocycles. The smallest absolute Gasteiger partial charge is 0.237 e. The zero-order valence-corrected chi connectivity index (χ0v) is 12.3. The van der Waals surface area contributed by atoms with Crippen molar-refractivity contribution < 1.29 is 4.79 Å². The van der Waals surface area contributed by atoms with Gasteiger partial charge in [0.15, 0.2) is 0 Å². The van der Waals surface area contributed by atoms with Gasteiger partial charge < -0.3 is 5.32 Å². The van der Waals surface area contributed by atoms with Crippen LogP contribution in [0.15, 0.2) is 24.4 Å². The molecule has 1 amide bonds. The lowest BCUT2D eigenvalue weighted by atomic mass is 10.1. The summed E-state index contributed by atoms with van der Waals surface area (Å²) < 4.78 is 0. The van der Waals surface area contributed by atoms with Crippen LogP contribution in [0.5, 0.6) is 0 Å². The van der Waals surface area contributed by atoms with Crippen molar-refractivity contribution in [1.29, 1.82) is 0 Å². The summed E-state index contributed by atoms with van der Waals surface area (Å²) in [4.78, 5) is 16.3. The summed E-state index contributed by atoms with van der Waals surface area (Å²) in [5.74, 6) is 0.0451. The van der Waals surface area contributed by atoms with Crippen molar-refractivity contribution in [3.63, 3.8) is 0 Å². The van der Waals surface area contributed by atoms with Crippen LogP contribution >= 0.6 is 0 Å². The normalized spacial score (nSPS) is 15.6. The first-order chi connectivity index (χ1) is 9.04. The van der Waals surface area contributed by atoms with Gasteiger partial charge in [-0.05, 0) is 39.3 Å². The Bertz CT molecular complexity index is 380. The maximum absolute atomic E-state index is 12.0. The third kappa shape index (κ3) is 5.39. The quantitative estimate of drug-likeness (QED) is 0.794. The second-order valence-electron chi connectivity index (χ2n) is 5.06. The number of hydrogen-bond acceptors (Lipinski definition) is 3. The fourth-order valence-corrected chi connectivity index (χ4v) is 2.04. The van der Waals surface area contributed by atoms with Crippen molar-refractivity contribution in [2.45, 2.75) is 58.7 Å². The van der Waals surface area contributed by atoms with E-state index in [1.54, 1.807) is 6.20 Å². The lowest BCUT2D eigenvalue weighted by Gasteiger charge is -2.21. The summed E-state index contributed by atoms with van der Waals surface area (Å²) in [6, 6.07) is 5.86. The van der Waals surface area contributed by atoms with Gasteiger partial charge in [0, 0.05) is 18.3 Å². The first kappa shape index (κ1) is 15.6. The van der Waals surface area contributed by atoms with Crippen LogP contribution in [-0.4, -0.2) is 23.0 Å². The molecule has 1 heterocycles. The second kappa shape index (κ2) is 7.89. The molecule has 0 saturated heterocycles. The van der Waals surface area contributed by atoms with E-state index >= 15 is 0 Å². The zero-order chi connectivity index (χ0) is 14.3. The van der Waals surface area contributed by atoms with Crippen LogP contribution < -0.4 is 10.6 Å². The van der Waals surface area contributed by atoms with E-state index in [9.17, 15) is 4.79 Å². The third-order valence-corrected chi connectivity index (χ3v) is 3.14. The number of rotatable bonds is 7. The highest BCUT2D eigenvalue weighted by Crippen LogP contribution is 2.09. The van der Waals surface area contributed by atoms with Gasteiger partial charge in [0.25, 0.3) is 0 Å². The number of amides is 1. The van der Waals surface area contributed by atoms with Gasteiger partial charge in [0.1, 0.15) is 0 Å². The standard InChI is InChI=1S/C15H25N3O/c1-5-8-11(2)17-15(19)13(4)18-12(3)14-9-6-7-10-16-14/h6-7,9-13,18H,5,8H2,1-4H3,(H,17,19)/t11?,12-,13?/m1/s1. The van der Waals surface area contributed by atoms with E-state index in [0.29, 0.717) is 0 Å². The Morgan fingerprint density at radius 2 is 2.05 bits per heavy atom. The highest BCUT2D eigenvalue weighted by atomic mass is 16.2. The molecule has 4 nitrogen and oxygen atoms in total. The lowest BCUT2D eigenvalue weighted by molar-refractivity contribution is -0.123. The molecular formula is C15H25N3O. The summed E-state index contributed by atoms with van der Waals surface area (Å²) in [6.45, 7) is 8.05. The molecule has 106 valence electrons. The summed E-state index contributed by atoms with van der Waals surface area (Å²) in [7, 11) is 0. The molecule has 0 spiro atoms. The van der Waals surface area contributed by atoms with Gasteiger partial charge >= 0.3 is 0 Å². The molecule has 0 radical (unpaired) electrons. The van der Waals surface area contributed by atoms with E-state index < -0.39 is 0 Å². The van der Waals surface area contributed by atoms with E-state index in [1.165, 1.54) is 0 Å². The van der Waals surface area contributed by atoms with Crippen LogP contribution in [0.2, 0.25) is 0 Å². The number of pyridine rings is 1. The predicted octanol–water partition coefficient (Wildman–Crippen LogP) is 2.43. The third-order valence-electron chi connectivity index (χ3n) is 3.14. The molecule has 4 heteroatoms. The Kier molecular flexibility index (Phi) is 6.50. The minimum Gasteiger partial charge on any atom is -0.352 e. The second-order valence-corrected chi connectivity index (χ2v) is 5.06. The van der Waals surface area contributed by atoms with Gasteiger partial charge in [0.2, 0.25) is 5.91 Å². The molecule has 0 bridgehead atoms. The Hall–Kier alpha value is -1.42. The van der Waals surface area contributed by atoms with Gasteiger partial charge in [0.05, 0.1) is 11.7 Å². The fourth-order valence-electron chi connectivity index (χ4n) is 2.04. The zero-order valence-electron chi connectivity index (χ0n) is 12.3. The first-order valence-corrected chi connectivity index (χ1v) is 7.02. The molecule has 0 aliphatic carbocycles. The van der Waals surface area contributed by atoms with Gasteiger partial charge in [-0.3, -0.25) is 15.1 Å². The van der Waals surface area contributed by atoms with E-state index in [-0.39, 0.29) is 24.0 Å². The molecule has 1 aromatic heterocycles. The largest absolute Gasteiger partial charge is 0.352 e. The first-order valence-electron chi connectivity index (χ1n) is 7.02. The van der Waals surface area contributed by atoms with E-state index in [4.69, 9.17) is 0 Å². The maximum atomic E-state index is 12.0. The number of aromatic nitrogens is 1. The van der Waals surface area contributed by atoms with Crippen LogP contribution in [0.4, 0.5) is 0 Å². The number of carbonyl (C=O) groups is 1. The van der Waals surface area contributed by atoms with E-state index in [1.807, 2.05) is 39.0 Å². The van der Waals surface area contributed by atoms with Crippen LogP contribution in [-0.2, 0) is 4.79 Å². The SMILES string of the molecule is CCCC(C)NC(=O)C(C)N[C@H](C)c1ccccn1. The molecule has 2 unspecified atom stereocenters. The van der Waals surface area contributed by atoms with Crippen molar-refractivity contribution in [3.05, 3.63) is 30.1 Å². The Labute approximate surface area is 116 Å². The number of carbonyl (C=O) groups excluding carboxylic acids is 1. The van der Waals surface area contributed by atoms with Crippen LogP contribution in [0.1, 0.15) is 52.3 Å². The van der Waals surface area contributed by atoms with Crippen molar-refractivity contribution in [1.82, 2.24) is 15.6 Å². The Morgan fingerprint density at radius 3 is 2.63 bits per heavy atom. The summed E-state index contributed by atoms with van der Waals surface area (Å²) in [6.07, 6.45) is 3.85. The van der Waals surface area contributed by atoms with Crippen molar-refractivity contribution in [3.8, 4) is 0 Å². The highest BCUT2D eigenvalue weighted by molar-refractivity contribution is 5.81. The molecule has 19 heavy (non-hydrogen) atoms. The van der Waals surface area contributed by atoms with Gasteiger partial charge in [-0.1, -0.05) is 19.4 Å². The Balaban J connectivity index is 2.45. The predicted molar refractivity (Wildman–Crippen MR) is 77.8 cm³/mol. The van der Waals surface area contributed by atoms with E-state index in [0.717, 1.165) is 18.5 Å². The van der Waals surface area contributed by atoms with Gasteiger partial charge in [-0.15, -0.1) is 0 Å². The number of nitrogens with zero attached hydrogens (tertiary/aromatic N) is 1. The van der Waals surface area contributed by atoms with Crippen LogP contribution in [0, 0.1) is 0 Å². The van der Waals surface area contributed by atoms with Crippen LogP contribution in [0.3, 0.4) is 0 Å². The maximum Gasteiger partial charge on any atom is 0.237 e. The molecule has 0 aliphatic heterocycles. The Morgan fingerprint density at radius 1 is 1.32 bits per heavy atom. The van der Waals surface area contributed by atoms with Crippen molar-refractivity contribution in [2.24, 2.45) is 0 Å². The highest BCUT2D eigenvalue weighted by Gasteiger charge is 2.17. The fraction of sp³-hybridized carbons (Fsp3) is 0.600. The molecular weight excluding hydrogens is 238 g/mol. The van der Waals surface area contributed by atoms with Crippen molar-refractivity contribution in [2.75, 3.05) is 0 Å². The summed E-state index contributed by atoms with van der Waals surface area (Å²) >= 11 is 0. The van der Waals surface area contributed by atoms with Crippen LogP contribution in [0.25, 0.3) is 0 Å². The minimum absolute atomic E-state index is 0.0451. The number of nitrogens with one attached hydrogen (secondary N) is 2. The molecule has 0 saturated carbocycles. The van der Waals surface area contributed by atoms with E-state index in [2.05, 4.69) is 22.5 Å². The monoisotopic (exact) mass is 263 g/mol. The van der Waals surface area contributed by atoms with Gasteiger partial charge in [-0.25, -0.2) is 0 Å². The molecule has 1 aromatic rings. The molecule has 0 fully saturated rings. The molecule has 2 N–H and O–H groups in total. The molecule has 1 rings (SSSR count). The lowest BCUT2D eigenvalue weighted by Crippen LogP contribution is -2.46. The average Bonchev–Trinajstić information content (AvgIpc) is 2.39. The minimum atomic E-state index is -0.226. The van der Waals surface area contributed by atoms with Crippen molar-refractivity contribution >= 4 is 5.91 Å². The summed E-state index contributed by atoms with van der Waals surface area (Å²) in [5.41, 5.74) is 0.948. The summed E-state index contributed by atoms with van der Waals surface area (Å²) in [5, 5.41) is 6.28. The molecule has 3 atom stereocenters. The van der Waals surface area contributed by atoms with Gasteiger partial charge in [-0.2, -0.15) is 0 Å². The molecule has 0 aliphatic rings.